The number of methoxy groups -OCH3 is 1. The number of hydrogen-bond acceptors (Lipinski definition) is 3. The lowest BCUT2D eigenvalue weighted by Crippen LogP contribution is -2.47. The van der Waals surface area contributed by atoms with Crippen molar-refractivity contribution in [3.8, 4) is 0 Å². The fourth-order valence-electron chi connectivity index (χ4n) is 2.88. The van der Waals surface area contributed by atoms with Crippen molar-refractivity contribution >= 4 is 11.8 Å². The molecule has 5 nitrogen and oxygen atoms in total. The average molecular weight is 332 g/mol. The number of nitrogens with zero attached hydrogens (tertiary/aromatic N) is 1. The number of benzene rings is 1. The van der Waals surface area contributed by atoms with Crippen molar-refractivity contribution < 1.29 is 14.3 Å². The zero-order chi connectivity index (χ0) is 17.7. The van der Waals surface area contributed by atoms with E-state index in [9.17, 15) is 9.59 Å². The number of piperidine rings is 1. The zero-order valence-electron chi connectivity index (χ0n) is 15.1. The van der Waals surface area contributed by atoms with Crippen LogP contribution in [0.2, 0.25) is 0 Å². The molecule has 1 aromatic rings. The molecule has 1 fully saturated rings. The van der Waals surface area contributed by atoms with Gasteiger partial charge in [-0.15, -0.1) is 0 Å². The molecule has 0 unspecified atom stereocenters. The Morgan fingerprint density at radius 3 is 2.25 bits per heavy atom. The molecule has 0 spiro atoms. The lowest BCUT2D eigenvalue weighted by Gasteiger charge is -2.32. The number of rotatable bonds is 4. The molecule has 0 bridgehead atoms. The van der Waals surface area contributed by atoms with E-state index in [4.69, 9.17) is 4.74 Å². The average Bonchev–Trinajstić information content (AvgIpc) is 2.55. The molecule has 0 radical (unpaired) electrons. The van der Waals surface area contributed by atoms with Crippen LogP contribution in [0.25, 0.3) is 0 Å². The quantitative estimate of drug-likeness (QED) is 0.921. The van der Waals surface area contributed by atoms with E-state index in [0.717, 1.165) is 12.8 Å². The third-order valence-corrected chi connectivity index (χ3v) is 4.46. The fraction of sp³-hybridized carbons (Fsp3) is 0.579. The van der Waals surface area contributed by atoms with E-state index in [1.54, 1.807) is 4.90 Å². The number of carbonyl (C=O) groups is 2. The van der Waals surface area contributed by atoms with Gasteiger partial charge in [0, 0.05) is 31.8 Å². The van der Waals surface area contributed by atoms with Crippen LogP contribution in [0, 0.1) is 0 Å². The van der Waals surface area contributed by atoms with Gasteiger partial charge < -0.3 is 15.0 Å². The molecule has 1 N–H and O–H groups in total. The Morgan fingerprint density at radius 2 is 1.75 bits per heavy atom. The first-order valence-electron chi connectivity index (χ1n) is 8.49. The molecule has 2 rings (SSSR count). The summed E-state index contributed by atoms with van der Waals surface area (Å²) in [5.74, 6) is -0.0304. The van der Waals surface area contributed by atoms with E-state index >= 15 is 0 Å². The van der Waals surface area contributed by atoms with Crippen LogP contribution in [0.1, 0.15) is 49.5 Å². The van der Waals surface area contributed by atoms with Crippen LogP contribution < -0.4 is 5.32 Å². The lowest BCUT2D eigenvalue weighted by molar-refractivity contribution is -0.136. The predicted octanol–water partition coefficient (Wildman–Crippen LogP) is 2.35. The van der Waals surface area contributed by atoms with E-state index in [1.165, 1.54) is 12.7 Å². The highest BCUT2D eigenvalue weighted by molar-refractivity contribution is 5.94. The van der Waals surface area contributed by atoms with Crippen molar-refractivity contribution in [2.24, 2.45) is 0 Å². The molecular weight excluding hydrogens is 304 g/mol. The Bertz CT molecular complexity index is 567. The second-order valence-corrected chi connectivity index (χ2v) is 7.39. The lowest BCUT2D eigenvalue weighted by atomic mass is 9.86. The molecule has 0 atom stereocenters. The summed E-state index contributed by atoms with van der Waals surface area (Å²) in [4.78, 5) is 26.0. The summed E-state index contributed by atoms with van der Waals surface area (Å²) < 4.78 is 4.88. The molecule has 1 aliphatic rings. The maximum absolute atomic E-state index is 12.4. The first-order valence-corrected chi connectivity index (χ1v) is 8.49. The Kier molecular flexibility index (Phi) is 5.99. The Morgan fingerprint density at radius 1 is 1.17 bits per heavy atom. The van der Waals surface area contributed by atoms with Crippen molar-refractivity contribution in [2.75, 3.05) is 26.8 Å². The third kappa shape index (κ3) is 4.81. The molecule has 1 heterocycles. The molecular formula is C19H28N2O3. The van der Waals surface area contributed by atoms with Crippen molar-refractivity contribution in [3.63, 3.8) is 0 Å². The second kappa shape index (κ2) is 7.79. The molecule has 0 aromatic heterocycles. The number of nitrogens with one attached hydrogen (secondary N) is 1. The molecule has 0 aliphatic carbocycles. The standard InChI is InChI=1S/C19H28N2O3/c1-19(2,3)15-7-5-14(6-8-15)18(23)20-16-9-11-21(12-10-16)17(22)13-24-4/h5-8,16H,9-13H2,1-4H3,(H,20,23). The third-order valence-electron chi connectivity index (χ3n) is 4.46. The van der Waals surface area contributed by atoms with Crippen molar-refractivity contribution in [3.05, 3.63) is 35.4 Å². The van der Waals surface area contributed by atoms with Gasteiger partial charge in [0.2, 0.25) is 5.91 Å². The van der Waals surface area contributed by atoms with E-state index in [-0.39, 0.29) is 29.9 Å². The highest BCUT2D eigenvalue weighted by atomic mass is 16.5. The minimum atomic E-state index is -0.0443. The minimum absolute atomic E-state index is 0.0139. The van der Waals surface area contributed by atoms with E-state index in [0.29, 0.717) is 18.7 Å². The van der Waals surface area contributed by atoms with Gasteiger partial charge in [0.05, 0.1) is 0 Å². The van der Waals surface area contributed by atoms with Crippen LogP contribution in [0.3, 0.4) is 0 Å². The predicted molar refractivity (Wildman–Crippen MR) is 94.1 cm³/mol. The second-order valence-electron chi connectivity index (χ2n) is 7.39. The van der Waals surface area contributed by atoms with Gasteiger partial charge in [-0.3, -0.25) is 9.59 Å². The first-order chi connectivity index (χ1) is 11.3. The summed E-state index contributed by atoms with van der Waals surface area (Å²) in [6.45, 7) is 7.91. The van der Waals surface area contributed by atoms with Gasteiger partial charge in [-0.2, -0.15) is 0 Å². The summed E-state index contributed by atoms with van der Waals surface area (Å²) in [5, 5.41) is 3.08. The molecule has 5 heteroatoms. The van der Waals surface area contributed by atoms with Crippen molar-refractivity contribution in [1.82, 2.24) is 10.2 Å². The normalized spacial score (nSPS) is 16.1. The Hall–Kier alpha value is -1.88. The molecule has 1 saturated heterocycles. The molecule has 2 amide bonds. The van der Waals surface area contributed by atoms with Gasteiger partial charge in [-0.1, -0.05) is 32.9 Å². The summed E-state index contributed by atoms with van der Waals surface area (Å²) in [6, 6.07) is 7.91. The van der Waals surface area contributed by atoms with Gasteiger partial charge in [0.15, 0.2) is 0 Å². The maximum Gasteiger partial charge on any atom is 0.251 e. The number of amides is 2. The summed E-state index contributed by atoms with van der Waals surface area (Å²) in [5.41, 5.74) is 1.97. The number of ether oxygens (including phenoxy) is 1. The molecule has 0 saturated carbocycles. The highest BCUT2D eigenvalue weighted by Gasteiger charge is 2.24. The number of carbonyl (C=O) groups excluding carboxylic acids is 2. The van der Waals surface area contributed by atoms with Crippen molar-refractivity contribution in [2.45, 2.75) is 45.1 Å². The number of hydrogen-bond donors (Lipinski definition) is 1. The molecule has 1 aromatic carbocycles. The van der Waals surface area contributed by atoms with Crippen LogP contribution in [-0.2, 0) is 14.9 Å². The summed E-state index contributed by atoms with van der Waals surface area (Å²) >= 11 is 0. The summed E-state index contributed by atoms with van der Waals surface area (Å²) in [6.07, 6.45) is 1.56. The fourth-order valence-corrected chi connectivity index (χ4v) is 2.88. The topological polar surface area (TPSA) is 58.6 Å². The van der Waals surface area contributed by atoms with Crippen LogP contribution in [-0.4, -0.2) is 49.6 Å². The van der Waals surface area contributed by atoms with Crippen LogP contribution in [0.5, 0.6) is 0 Å². The largest absolute Gasteiger partial charge is 0.375 e. The van der Waals surface area contributed by atoms with Gasteiger partial charge in [0.1, 0.15) is 6.61 Å². The van der Waals surface area contributed by atoms with Crippen LogP contribution in [0.4, 0.5) is 0 Å². The van der Waals surface area contributed by atoms with E-state index in [2.05, 4.69) is 26.1 Å². The van der Waals surface area contributed by atoms with Gasteiger partial charge >= 0.3 is 0 Å². The Labute approximate surface area is 144 Å². The van der Waals surface area contributed by atoms with Crippen LogP contribution >= 0.6 is 0 Å². The Balaban J connectivity index is 1.86. The zero-order valence-corrected chi connectivity index (χ0v) is 15.1. The van der Waals surface area contributed by atoms with Crippen LogP contribution in [0.15, 0.2) is 24.3 Å². The van der Waals surface area contributed by atoms with E-state index < -0.39 is 0 Å². The molecule has 1 aliphatic heterocycles. The number of likely N-dealkylation sites (tertiary alicyclic amines) is 1. The smallest absolute Gasteiger partial charge is 0.251 e. The van der Waals surface area contributed by atoms with Gasteiger partial charge in [-0.05, 0) is 36.0 Å². The SMILES string of the molecule is COCC(=O)N1CCC(NC(=O)c2ccc(C(C)(C)C)cc2)CC1. The molecule has 132 valence electrons. The van der Waals surface area contributed by atoms with E-state index in [1.807, 2.05) is 24.3 Å². The maximum atomic E-state index is 12.4. The molecule has 24 heavy (non-hydrogen) atoms. The van der Waals surface area contributed by atoms with Gasteiger partial charge in [-0.25, -0.2) is 0 Å². The highest BCUT2D eigenvalue weighted by Crippen LogP contribution is 2.22. The first kappa shape index (κ1) is 18.5. The van der Waals surface area contributed by atoms with Crippen molar-refractivity contribution in [1.29, 1.82) is 0 Å². The van der Waals surface area contributed by atoms with Gasteiger partial charge in [0.25, 0.3) is 5.91 Å². The monoisotopic (exact) mass is 332 g/mol. The minimum Gasteiger partial charge on any atom is -0.375 e. The summed E-state index contributed by atoms with van der Waals surface area (Å²) in [7, 11) is 1.52.